The Bertz CT molecular complexity index is 1020. The molecule has 0 bridgehead atoms. The van der Waals surface area contributed by atoms with Crippen molar-refractivity contribution >= 4 is 35.6 Å². The average molecular weight is 549 g/mol. The molecule has 0 radical (unpaired) electrons. The number of amides is 3. The van der Waals surface area contributed by atoms with E-state index in [9.17, 15) is 24.4 Å². The van der Waals surface area contributed by atoms with Crippen molar-refractivity contribution in [3.63, 3.8) is 0 Å². The molecular formula is C27H40N4O6S. The highest BCUT2D eigenvalue weighted by Crippen LogP contribution is 2.27. The van der Waals surface area contributed by atoms with Crippen molar-refractivity contribution in [3.05, 3.63) is 34.9 Å². The molecule has 10 nitrogen and oxygen atoms in total. The van der Waals surface area contributed by atoms with Crippen molar-refractivity contribution in [2.45, 2.75) is 72.1 Å². The van der Waals surface area contributed by atoms with E-state index in [4.69, 9.17) is 9.47 Å². The van der Waals surface area contributed by atoms with Gasteiger partial charge in [-0.05, 0) is 76.7 Å². The van der Waals surface area contributed by atoms with Crippen molar-refractivity contribution in [3.8, 4) is 6.07 Å². The number of hydrogen-bond acceptors (Lipinski definition) is 8. The molecule has 1 rings (SSSR count). The van der Waals surface area contributed by atoms with Gasteiger partial charge in [0.15, 0.2) is 0 Å². The molecule has 210 valence electrons. The van der Waals surface area contributed by atoms with Gasteiger partial charge < -0.3 is 25.0 Å². The topological polar surface area (TPSA) is 138 Å². The highest BCUT2D eigenvalue weighted by atomic mass is 32.2. The summed E-state index contributed by atoms with van der Waals surface area (Å²) in [5.41, 5.74) is 1.46. The van der Waals surface area contributed by atoms with Crippen molar-refractivity contribution in [1.29, 1.82) is 5.26 Å². The zero-order chi connectivity index (χ0) is 28.9. The summed E-state index contributed by atoms with van der Waals surface area (Å²) in [6, 6.07) is 5.18. The Morgan fingerprint density at radius 3 is 2.45 bits per heavy atom. The Labute approximate surface area is 229 Å². The molecular weight excluding hydrogens is 508 g/mol. The van der Waals surface area contributed by atoms with E-state index in [0.717, 1.165) is 11.1 Å². The fourth-order valence-corrected chi connectivity index (χ4v) is 4.13. The summed E-state index contributed by atoms with van der Waals surface area (Å²) in [5, 5.41) is 15.0. The van der Waals surface area contributed by atoms with Crippen molar-refractivity contribution in [2.75, 3.05) is 31.7 Å². The van der Waals surface area contributed by atoms with Crippen LogP contribution in [0.1, 0.15) is 63.3 Å². The number of ether oxygens (including phenoxy) is 2. The van der Waals surface area contributed by atoms with Gasteiger partial charge in [0.25, 0.3) is 0 Å². The zero-order valence-corrected chi connectivity index (χ0v) is 24.2. The summed E-state index contributed by atoms with van der Waals surface area (Å²) in [4.78, 5) is 52.9. The lowest BCUT2D eigenvalue weighted by Gasteiger charge is -2.33. The van der Waals surface area contributed by atoms with E-state index >= 15 is 0 Å². The predicted molar refractivity (Wildman–Crippen MR) is 146 cm³/mol. The van der Waals surface area contributed by atoms with Gasteiger partial charge in [-0.1, -0.05) is 18.2 Å². The number of nitriles is 1. The first-order chi connectivity index (χ1) is 17.9. The van der Waals surface area contributed by atoms with E-state index in [2.05, 4.69) is 10.6 Å². The van der Waals surface area contributed by atoms with E-state index in [1.165, 1.54) is 16.7 Å². The first-order valence-electron chi connectivity index (χ1n) is 12.5. The summed E-state index contributed by atoms with van der Waals surface area (Å²) >= 11 is 1.49. The Morgan fingerprint density at radius 1 is 1.18 bits per heavy atom. The van der Waals surface area contributed by atoms with E-state index in [1.807, 2.05) is 32.2 Å². The van der Waals surface area contributed by atoms with Gasteiger partial charge in [0, 0.05) is 6.54 Å². The molecule has 11 heteroatoms. The number of esters is 1. The van der Waals surface area contributed by atoms with Crippen LogP contribution in [0.5, 0.6) is 0 Å². The lowest BCUT2D eigenvalue weighted by atomic mass is 9.95. The van der Waals surface area contributed by atoms with Gasteiger partial charge in [0.1, 0.15) is 24.2 Å². The SMILES string of the molecule is CCOC(=O)CCNC(=O)C(c1cccc(C)c1C)N(CC#N)C(=O)C(CCSC)NC(=O)OC(C)(C)C. The molecule has 2 unspecified atom stereocenters. The van der Waals surface area contributed by atoms with Gasteiger partial charge in [0.05, 0.1) is 19.1 Å². The number of hydrogen-bond donors (Lipinski definition) is 2. The first kappa shape index (κ1) is 32.8. The summed E-state index contributed by atoms with van der Waals surface area (Å²) < 4.78 is 10.3. The molecule has 38 heavy (non-hydrogen) atoms. The summed E-state index contributed by atoms with van der Waals surface area (Å²) in [7, 11) is 0. The quantitative estimate of drug-likeness (QED) is 0.283. The second kappa shape index (κ2) is 15.9. The normalized spacial score (nSPS) is 12.5. The van der Waals surface area contributed by atoms with Gasteiger partial charge in [-0.2, -0.15) is 17.0 Å². The highest BCUT2D eigenvalue weighted by molar-refractivity contribution is 7.98. The number of nitrogens with zero attached hydrogens (tertiary/aromatic N) is 2. The molecule has 2 atom stereocenters. The second-order valence-electron chi connectivity index (χ2n) is 9.64. The van der Waals surface area contributed by atoms with Gasteiger partial charge in [0.2, 0.25) is 11.8 Å². The zero-order valence-electron chi connectivity index (χ0n) is 23.4. The number of carbonyl (C=O) groups excluding carboxylic acids is 4. The van der Waals surface area contributed by atoms with Crippen LogP contribution in [-0.2, 0) is 23.9 Å². The Kier molecular flexibility index (Phi) is 13.7. The second-order valence-corrected chi connectivity index (χ2v) is 10.6. The van der Waals surface area contributed by atoms with Crippen LogP contribution in [0.2, 0.25) is 0 Å². The minimum atomic E-state index is -1.17. The largest absolute Gasteiger partial charge is 0.466 e. The van der Waals surface area contributed by atoms with Gasteiger partial charge in [-0.15, -0.1) is 0 Å². The minimum absolute atomic E-state index is 0.000322. The van der Waals surface area contributed by atoms with Crippen LogP contribution in [0.3, 0.4) is 0 Å². The summed E-state index contributed by atoms with van der Waals surface area (Å²) in [6.45, 7) is 10.4. The number of thioether (sulfide) groups is 1. The third-order valence-corrected chi connectivity index (χ3v) is 6.20. The number of aryl methyl sites for hydroxylation is 1. The molecule has 0 fully saturated rings. The lowest BCUT2D eigenvalue weighted by Crippen LogP contribution is -2.53. The summed E-state index contributed by atoms with van der Waals surface area (Å²) in [6.07, 6.45) is 1.33. The van der Waals surface area contributed by atoms with E-state index in [1.54, 1.807) is 39.8 Å². The lowest BCUT2D eigenvalue weighted by molar-refractivity contribution is -0.144. The van der Waals surface area contributed by atoms with Crippen molar-refractivity contribution < 1.29 is 28.7 Å². The number of benzene rings is 1. The Balaban J connectivity index is 3.42. The molecule has 0 spiro atoms. The monoisotopic (exact) mass is 548 g/mol. The van der Waals surface area contributed by atoms with E-state index in [-0.39, 0.29) is 26.0 Å². The minimum Gasteiger partial charge on any atom is -0.466 e. The molecule has 0 saturated carbocycles. The van der Waals surface area contributed by atoms with Crippen LogP contribution in [0.15, 0.2) is 18.2 Å². The van der Waals surface area contributed by atoms with Crippen LogP contribution in [0, 0.1) is 25.2 Å². The Morgan fingerprint density at radius 2 is 1.87 bits per heavy atom. The highest BCUT2D eigenvalue weighted by Gasteiger charge is 2.37. The molecule has 0 heterocycles. The van der Waals surface area contributed by atoms with Crippen molar-refractivity contribution in [2.24, 2.45) is 0 Å². The number of carbonyl (C=O) groups is 4. The van der Waals surface area contributed by atoms with Gasteiger partial charge in [-0.25, -0.2) is 4.79 Å². The standard InChI is InChI=1S/C27H40N4O6S/c1-8-36-22(32)12-15-29-24(33)23(20-11-9-10-18(2)19(20)3)31(16-14-28)25(34)21(13-17-38-7)30-26(35)37-27(4,5)6/h9-11,21,23H,8,12-13,15-17H2,1-7H3,(H,29,33)(H,30,35). The smallest absolute Gasteiger partial charge is 0.408 e. The number of alkyl carbamates (subject to hydrolysis) is 1. The maximum absolute atomic E-state index is 13.9. The van der Waals surface area contributed by atoms with E-state index < -0.39 is 48.1 Å². The van der Waals surface area contributed by atoms with Crippen LogP contribution >= 0.6 is 11.8 Å². The molecule has 0 aliphatic rings. The van der Waals surface area contributed by atoms with Gasteiger partial charge >= 0.3 is 12.1 Å². The maximum atomic E-state index is 13.9. The summed E-state index contributed by atoms with van der Waals surface area (Å²) in [5.74, 6) is -1.04. The molecule has 0 saturated heterocycles. The molecule has 3 amide bonds. The first-order valence-corrected chi connectivity index (χ1v) is 13.9. The van der Waals surface area contributed by atoms with E-state index in [0.29, 0.717) is 11.3 Å². The molecule has 1 aromatic carbocycles. The number of rotatable bonds is 13. The maximum Gasteiger partial charge on any atom is 0.408 e. The molecule has 2 N–H and O–H groups in total. The van der Waals surface area contributed by atoms with Gasteiger partial charge in [-0.3, -0.25) is 14.4 Å². The fourth-order valence-electron chi connectivity index (χ4n) is 3.65. The average Bonchev–Trinajstić information content (AvgIpc) is 2.82. The predicted octanol–water partition coefficient (Wildman–Crippen LogP) is 3.41. The Hall–Kier alpha value is -3.26. The molecule has 1 aromatic rings. The van der Waals surface area contributed by atoms with Crippen LogP contribution in [0.4, 0.5) is 4.79 Å². The van der Waals surface area contributed by atoms with Crippen molar-refractivity contribution in [1.82, 2.24) is 15.5 Å². The third kappa shape index (κ3) is 10.6. The molecule has 0 aliphatic carbocycles. The van der Waals surface area contributed by atoms with Crippen LogP contribution in [0.25, 0.3) is 0 Å². The molecule has 0 aromatic heterocycles. The molecule has 0 aliphatic heterocycles. The number of nitrogens with one attached hydrogen (secondary N) is 2. The fraction of sp³-hybridized carbons (Fsp3) is 0.593. The van der Waals surface area contributed by atoms with Crippen LogP contribution < -0.4 is 10.6 Å². The van der Waals surface area contributed by atoms with Crippen LogP contribution in [-0.4, -0.2) is 72.1 Å². The third-order valence-electron chi connectivity index (χ3n) is 5.56.